The van der Waals surface area contributed by atoms with Crippen molar-refractivity contribution in [2.75, 3.05) is 34.2 Å². The fourth-order valence-corrected chi connectivity index (χ4v) is 0.923. The molecule has 0 fully saturated rings. The SMILES string of the molecule is CC(C=O)=CNCCC[N+](C)(C)C. The maximum atomic E-state index is 10.2. The zero-order valence-corrected chi connectivity index (χ0v) is 9.13. The summed E-state index contributed by atoms with van der Waals surface area (Å²) in [6, 6.07) is 0. The molecule has 0 aliphatic rings. The molecule has 0 unspecified atom stereocenters. The van der Waals surface area contributed by atoms with Crippen LogP contribution >= 0.6 is 0 Å². The zero-order valence-electron chi connectivity index (χ0n) is 9.13. The Hall–Kier alpha value is -0.830. The Labute approximate surface area is 81.0 Å². The van der Waals surface area contributed by atoms with Gasteiger partial charge in [-0.25, -0.2) is 0 Å². The lowest BCUT2D eigenvalue weighted by Gasteiger charge is -2.23. The normalized spacial score (nSPS) is 12.8. The number of aldehydes is 1. The highest BCUT2D eigenvalue weighted by atomic mass is 16.1. The molecule has 0 atom stereocenters. The summed E-state index contributed by atoms with van der Waals surface area (Å²) >= 11 is 0. The Kier molecular flexibility index (Phi) is 5.39. The van der Waals surface area contributed by atoms with Gasteiger partial charge >= 0.3 is 0 Å². The molecule has 0 aliphatic carbocycles. The molecular formula is C10H21N2O+. The molecule has 0 aromatic rings. The number of nitrogens with one attached hydrogen (secondary N) is 1. The quantitative estimate of drug-likeness (QED) is 0.287. The van der Waals surface area contributed by atoms with Gasteiger partial charge in [-0.3, -0.25) is 4.79 Å². The fraction of sp³-hybridized carbons (Fsp3) is 0.700. The number of hydrogen-bond acceptors (Lipinski definition) is 2. The molecule has 0 saturated carbocycles. The molecule has 0 amide bonds. The Balaban J connectivity index is 3.42. The van der Waals surface area contributed by atoms with Gasteiger partial charge in [0.05, 0.1) is 27.7 Å². The van der Waals surface area contributed by atoms with Crippen LogP contribution in [0.25, 0.3) is 0 Å². The van der Waals surface area contributed by atoms with Crippen LogP contribution in [0.2, 0.25) is 0 Å². The first-order valence-electron chi connectivity index (χ1n) is 4.61. The second-order valence-electron chi connectivity index (χ2n) is 4.33. The van der Waals surface area contributed by atoms with E-state index in [0.29, 0.717) is 0 Å². The Morgan fingerprint density at radius 3 is 2.46 bits per heavy atom. The van der Waals surface area contributed by atoms with Crippen molar-refractivity contribution in [1.82, 2.24) is 5.32 Å². The predicted molar refractivity (Wildman–Crippen MR) is 55.3 cm³/mol. The van der Waals surface area contributed by atoms with Crippen molar-refractivity contribution in [3.8, 4) is 0 Å². The average molecular weight is 185 g/mol. The van der Waals surface area contributed by atoms with Crippen LogP contribution in [0.15, 0.2) is 11.8 Å². The number of carbonyl (C=O) groups excluding carboxylic acids is 1. The molecule has 13 heavy (non-hydrogen) atoms. The third-order valence-corrected chi connectivity index (χ3v) is 1.67. The van der Waals surface area contributed by atoms with Gasteiger partial charge in [0.1, 0.15) is 6.29 Å². The van der Waals surface area contributed by atoms with Crippen LogP contribution in [0, 0.1) is 0 Å². The molecule has 0 heterocycles. The number of nitrogens with zero attached hydrogens (tertiary/aromatic N) is 1. The van der Waals surface area contributed by atoms with Crippen molar-refractivity contribution in [1.29, 1.82) is 0 Å². The first-order valence-corrected chi connectivity index (χ1v) is 4.61. The minimum atomic E-state index is 0.741. The Morgan fingerprint density at radius 1 is 1.38 bits per heavy atom. The van der Waals surface area contributed by atoms with Crippen LogP contribution in [0.4, 0.5) is 0 Å². The fourth-order valence-electron chi connectivity index (χ4n) is 0.923. The van der Waals surface area contributed by atoms with Crippen molar-refractivity contribution in [3.63, 3.8) is 0 Å². The molecule has 1 N–H and O–H groups in total. The lowest BCUT2D eigenvalue weighted by atomic mass is 10.3. The van der Waals surface area contributed by atoms with E-state index in [1.165, 1.54) is 0 Å². The van der Waals surface area contributed by atoms with E-state index in [2.05, 4.69) is 26.5 Å². The van der Waals surface area contributed by atoms with Gasteiger partial charge < -0.3 is 9.80 Å². The standard InChI is InChI=1S/C10H20N2O/c1-10(9-13)8-11-6-5-7-12(2,3)4/h8-9H,5-7H2,1-4H3/p+1. The maximum Gasteiger partial charge on any atom is 0.147 e. The van der Waals surface area contributed by atoms with Crippen molar-refractivity contribution < 1.29 is 9.28 Å². The lowest BCUT2D eigenvalue weighted by Crippen LogP contribution is -2.36. The molecule has 0 aromatic carbocycles. The third-order valence-electron chi connectivity index (χ3n) is 1.67. The highest BCUT2D eigenvalue weighted by Gasteiger charge is 2.04. The number of carbonyl (C=O) groups is 1. The highest BCUT2D eigenvalue weighted by Crippen LogP contribution is 1.92. The molecule has 0 aliphatic heterocycles. The van der Waals surface area contributed by atoms with Crippen LogP contribution in [0.3, 0.4) is 0 Å². The summed E-state index contributed by atoms with van der Waals surface area (Å²) in [5.41, 5.74) is 0.741. The summed E-state index contributed by atoms with van der Waals surface area (Å²) in [7, 11) is 6.52. The summed E-state index contributed by atoms with van der Waals surface area (Å²) < 4.78 is 0.984. The Bertz CT molecular complexity index is 180. The van der Waals surface area contributed by atoms with Crippen LogP contribution in [-0.4, -0.2) is 45.0 Å². The van der Waals surface area contributed by atoms with Gasteiger partial charge in [0, 0.05) is 24.7 Å². The van der Waals surface area contributed by atoms with Crippen molar-refractivity contribution in [2.24, 2.45) is 0 Å². The number of allylic oxidation sites excluding steroid dienone is 1. The number of hydrogen-bond donors (Lipinski definition) is 1. The van der Waals surface area contributed by atoms with E-state index in [1.807, 2.05) is 0 Å². The van der Waals surface area contributed by atoms with E-state index in [9.17, 15) is 4.79 Å². The zero-order chi connectivity index (χ0) is 10.3. The third kappa shape index (κ3) is 9.08. The van der Waals surface area contributed by atoms with Gasteiger partial charge in [-0.05, 0) is 6.92 Å². The van der Waals surface area contributed by atoms with E-state index >= 15 is 0 Å². The molecule has 0 rings (SSSR count). The molecule has 3 heteroatoms. The van der Waals surface area contributed by atoms with Crippen LogP contribution in [0.1, 0.15) is 13.3 Å². The molecule has 0 saturated heterocycles. The van der Waals surface area contributed by atoms with Crippen LogP contribution < -0.4 is 5.32 Å². The average Bonchev–Trinajstić information content (AvgIpc) is 2.01. The van der Waals surface area contributed by atoms with E-state index in [1.54, 1.807) is 13.1 Å². The first-order chi connectivity index (χ1) is 5.95. The van der Waals surface area contributed by atoms with Gasteiger partial charge in [0.15, 0.2) is 0 Å². The van der Waals surface area contributed by atoms with E-state index in [-0.39, 0.29) is 0 Å². The summed E-state index contributed by atoms with van der Waals surface area (Å²) in [4.78, 5) is 10.2. The largest absolute Gasteiger partial charge is 0.390 e. The van der Waals surface area contributed by atoms with Crippen molar-refractivity contribution in [2.45, 2.75) is 13.3 Å². The number of rotatable bonds is 6. The van der Waals surface area contributed by atoms with E-state index in [4.69, 9.17) is 0 Å². The monoisotopic (exact) mass is 185 g/mol. The summed E-state index contributed by atoms with van der Waals surface area (Å²) in [5, 5.41) is 3.11. The predicted octanol–water partition coefficient (Wildman–Crippen LogP) is 0.775. The first kappa shape index (κ1) is 12.2. The lowest BCUT2D eigenvalue weighted by molar-refractivity contribution is -0.870. The topological polar surface area (TPSA) is 29.1 Å². The molecule has 0 spiro atoms. The van der Waals surface area contributed by atoms with Crippen LogP contribution in [-0.2, 0) is 4.79 Å². The van der Waals surface area contributed by atoms with Gasteiger partial charge in [-0.1, -0.05) is 0 Å². The molecule has 76 valence electrons. The van der Waals surface area contributed by atoms with Gasteiger partial charge in [-0.2, -0.15) is 0 Å². The summed E-state index contributed by atoms with van der Waals surface area (Å²) in [6.45, 7) is 3.86. The minimum absolute atomic E-state index is 0.741. The van der Waals surface area contributed by atoms with Crippen molar-refractivity contribution >= 4 is 6.29 Å². The summed E-state index contributed by atoms with van der Waals surface area (Å²) in [6.07, 6.45) is 3.74. The number of quaternary nitrogens is 1. The minimum Gasteiger partial charge on any atom is -0.390 e. The second kappa shape index (κ2) is 5.75. The van der Waals surface area contributed by atoms with Gasteiger partial charge in [0.2, 0.25) is 0 Å². The molecule has 0 aromatic heterocycles. The van der Waals surface area contributed by atoms with Crippen molar-refractivity contribution in [3.05, 3.63) is 11.8 Å². The van der Waals surface area contributed by atoms with Gasteiger partial charge in [-0.15, -0.1) is 0 Å². The molecule has 3 nitrogen and oxygen atoms in total. The maximum absolute atomic E-state index is 10.2. The van der Waals surface area contributed by atoms with Gasteiger partial charge in [0.25, 0.3) is 0 Å². The smallest absolute Gasteiger partial charge is 0.147 e. The highest BCUT2D eigenvalue weighted by molar-refractivity contribution is 5.71. The van der Waals surface area contributed by atoms with Crippen LogP contribution in [0.5, 0.6) is 0 Å². The van der Waals surface area contributed by atoms with E-state index in [0.717, 1.165) is 35.9 Å². The molecule has 0 bridgehead atoms. The van der Waals surface area contributed by atoms with E-state index < -0.39 is 0 Å². The molecular weight excluding hydrogens is 164 g/mol. The Morgan fingerprint density at radius 2 is 2.00 bits per heavy atom. The second-order valence-corrected chi connectivity index (χ2v) is 4.33. The molecule has 0 radical (unpaired) electrons. The summed E-state index contributed by atoms with van der Waals surface area (Å²) in [5.74, 6) is 0.